The number of carbonyl (C=O) groups is 2. The van der Waals surface area contributed by atoms with Crippen LogP contribution in [-0.4, -0.2) is 29.8 Å². The largest absolute Gasteiger partial charge is 0.347 e. The highest BCUT2D eigenvalue weighted by atomic mass is 19.1. The number of carbonyl (C=O) groups excluding carboxylic acids is 2. The van der Waals surface area contributed by atoms with Gasteiger partial charge in [-0.25, -0.2) is 4.39 Å². The van der Waals surface area contributed by atoms with Crippen LogP contribution in [0.5, 0.6) is 0 Å². The first-order valence-electron chi connectivity index (χ1n) is 7.97. The molecule has 0 atom stereocenters. The molecule has 1 aliphatic rings. The van der Waals surface area contributed by atoms with E-state index >= 15 is 0 Å². The van der Waals surface area contributed by atoms with Gasteiger partial charge < -0.3 is 10.2 Å². The van der Waals surface area contributed by atoms with Gasteiger partial charge in [0.1, 0.15) is 5.82 Å². The summed E-state index contributed by atoms with van der Waals surface area (Å²) in [5.74, 6) is -0.758. The number of amides is 2. The van der Waals surface area contributed by atoms with Crippen molar-refractivity contribution in [2.45, 2.75) is 19.4 Å². The fraction of sp³-hybridized carbons (Fsp3) is 0.263. The molecular formula is C19H19FN2O2. The lowest BCUT2D eigenvalue weighted by molar-refractivity contribution is -0.133. The molecule has 0 saturated carbocycles. The maximum absolute atomic E-state index is 13.1. The van der Waals surface area contributed by atoms with Crippen molar-refractivity contribution in [2.75, 3.05) is 13.1 Å². The molecule has 1 heterocycles. The fourth-order valence-electron chi connectivity index (χ4n) is 2.89. The number of fused-ring (bicyclic) bond motifs is 1. The maximum Gasteiger partial charge on any atom is 0.242 e. The first kappa shape index (κ1) is 16.2. The summed E-state index contributed by atoms with van der Waals surface area (Å²) in [7, 11) is 0. The molecule has 3 rings (SSSR count). The lowest BCUT2D eigenvalue weighted by Crippen LogP contribution is -2.42. The van der Waals surface area contributed by atoms with Crippen LogP contribution in [0.15, 0.2) is 48.5 Å². The monoisotopic (exact) mass is 326 g/mol. The molecule has 0 aromatic heterocycles. The van der Waals surface area contributed by atoms with Crippen molar-refractivity contribution in [2.24, 2.45) is 0 Å². The highest BCUT2D eigenvalue weighted by Gasteiger charge is 2.20. The Labute approximate surface area is 140 Å². The van der Waals surface area contributed by atoms with E-state index in [1.165, 1.54) is 17.7 Å². The van der Waals surface area contributed by atoms with Crippen LogP contribution in [0.1, 0.15) is 16.7 Å². The van der Waals surface area contributed by atoms with Crippen molar-refractivity contribution in [3.63, 3.8) is 0 Å². The lowest BCUT2D eigenvalue weighted by atomic mass is 10.00. The minimum Gasteiger partial charge on any atom is -0.347 e. The Morgan fingerprint density at radius 2 is 1.88 bits per heavy atom. The highest BCUT2D eigenvalue weighted by Crippen LogP contribution is 2.18. The van der Waals surface area contributed by atoms with Gasteiger partial charge in [-0.3, -0.25) is 9.59 Å². The van der Waals surface area contributed by atoms with Gasteiger partial charge in [0.15, 0.2) is 0 Å². The van der Waals surface area contributed by atoms with Gasteiger partial charge in [0.2, 0.25) is 11.8 Å². The van der Waals surface area contributed by atoms with E-state index in [4.69, 9.17) is 0 Å². The summed E-state index contributed by atoms with van der Waals surface area (Å²) in [5, 5.41) is 2.62. The van der Waals surface area contributed by atoms with E-state index in [1.807, 2.05) is 18.2 Å². The molecule has 0 aliphatic carbocycles. The molecule has 2 aromatic rings. The minimum absolute atomic E-state index is 0.0314. The molecule has 5 heteroatoms. The van der Waals surface area contributed by atoms with Gasteiger partial charge in [0, 0.05) is 13.1 Å². The number of hydrogen-bond acceptors (Lipinski definition) is 2. The van der Waals surface area contributed by atoms with Gasteiger partial charge in [-0.1, -0.05) is 36.4 Å². The lowest BCUT2D eigenvalue weighted by Gasteiger charge is -2.29. The van der Waals surface area contributed by atoms with Crippen LogP contribution in [0.25, 0.3) is 0 Å². The van der Waals surface area contributed by atoms with Crippen molar-refractivity contribution < 1.29 is 14.0 Å². The summed E-state index contributed by atoms with van der Waals surface area (Å²) in [5.41, 5.74) is 3.02. The number of rotatable bonds is 4. The van der Waals surface area contributed by atoms with Gasteiger partial charge in [-0.2, -0.15) is 0 Å². The van der Waals surface area contributed by atoms with Crippen molar-refractivity contribution in [3.8, 4) is 0 Å². The molecule has 1 aliphatic heterocycles. The Morgan fingerprint density at radius 3 is 2.67 bits per heavy atom. The third kappa shape index (κ3) is 3.98. The van der Waals surface area contributed by atoms with Crippen molar-refractivity contribution in [1.29, 1.82) is 0 Å². The SMILES string of the molecule is O=C(Cc1cccc(F)c1)NCC(=O)N1CCc2ccccc2C1. The second-order valence-corrected chi connectivity index (χ2v) is 5.92. The summed E-state index contributed by atoms with van der Waals surface area (Å²) < 4.78 is 13.1. The van der Waals surface area contributed by atoms with E-state index in [1.54, 1.807) is 17.0 Å². The number of nitrogens with zero attached hydrogens (tertiary/aromatic N) is 1. The standard InChI is InChI=1S/C19H19FN2O2/c20-17-7-3-4-14(10-17)11-18(23)21-12-19(24)22-9-8-15-5-1-2-6-16(15)13-22/h1-7,10H,8-9,11-13H2,(H,21,23). The van der Waals surface area contributed by atoms with E-state index in [2.05, 4.69) is 11.4 Å². The maximum atomic E-state index is 13.1. The normalized spacial score (nSPS) is 13.3. The zero-order valence-corrected chi connectivity index (χ0v) is 13.3. The molecule has 0 spiro atoms. The molecule has 0 bridgehead atoms. The second-order valence-electron chi connectivity index (χ2n) is 5.92. The first-order chi connectivity index (χ1) is 11.6. The molecule has 2 aromatic carbocycles. The zero-order chi connectivity index (χ0) is 16.9. The van der Waals surface area contributed by atoms with Gasteiger partial charge in [-0.05, 0) is 35.2 Å². The Hall–Kier alpha value is -2.69. The molecule has 0 saturated heterocycles. The average molecular weight is 326 g/mol. The summed E-state index contributed by atoms with van der Waals surface area (Å²) in [4.78, 5) is 25.9. The van der Waals surface area contributed by atoms with E-state index in [-0.39, 0.29) is 30.6 Å². The molecular weight excluding hydrogens is 307 g/mol. The number of hydrogen-bond donors (Lipinski definition) is 1. The molecule has 0 unspecified atom stereocenters. The summed E-state index contributed by atoms with van der Waals surface area (Å²) in [6.45, 7) is 1.21. The Bertz CT molecular complexity index is 761. The molecule has 0 fully saturated rings. The van der Waals surface area contributed by atoms with Crippen LogP contribution in [0.2, 0.25) is 0 Å². The van der Waals surface area contributed by atoms with Crippen LogP contribution >= 0.6 is 0 Å². The van der Waals surface area contributed by atoms with Crippen LogP contribution < -0.4 is 5.32 Å². The quantitative estimate of drug-likeness (QED) is 0.935. The fourth-order valence-corrected chi connectivity index (χ4v) is 2.89. The van der Waals surface area contributed by atoms with Crippen LogP contribution in [0.4, 0.5) is 4.39 Å². The predicted molar refractivity (Wildman–Crippen MR) is 88.7 cm³/mol. The smallest absolute Gasteiger partial charge is 0.242 e. The molecule has 24 heavy (non-hydrogen) atoms. The number of halogens is 1. The van der Waals surface area contributed by atoms with Crippen molar-refractivity contribution in [1.82, 2.24) is 10.2 Å². The van der Waals surface area contributed by atoms with Crippen LogP contribution in [0.3, 0.4) is 0 Å². The van der Waals surface area contributed by atoms with Gasteiger partial charge in [0.25, 0.3) is 0 Å². The predicted octanol–water partition coefficient (Wildman–Crippen LogP) is 2.07. The van der Waals surface area contributed by atoms with Crippen LogP contribution in [0, 0.1) is 5.82 Å². The molecule has 1 N–H and O–H groups in total. The topological polar surface area (TPSA) is 49.4 Å². The van der Waals surface area contributed by atoms with Crippen molar-refractivity contribution in [3.05, 3.63) is 71.0 Å². The minimum atomic E-state index is -0.372. The second kappa shape index (κ2) is 7.25. The van der Waals surface area contributed by atoms with E-state index in [0.717, 1.165) is 12.0 Å². The third-order valence-corrected chi connectivity index (χ3v) is 4.17. The summed E-state index contributed by atoms with van der Waals surface area (Å²) in [6, 6.07) is 14.0. The third-order valence-electron chi connectivity index (χ3n) is 4.17. The van der Waals surface area contributed by atoms with E-state index in [0.29, 0.717) is 18.7 Å². The van der Waals surface area contributed by atoms with Crippen LogP contribution in [-0.2, 0) is 29.0 Å². The Morgan fingerprint density at radius 1 is 1.08 bits per heavy atom. The molecule has 4 nitrogen and oxygen atoms in total. The van der Waals surface area contributed by atoms with Gasteiger partial charge in [-0.15, -0.1) is 0 Å². The molecule has 124 valence electrons. The Kier molecular flexibility index (Phi) is 4.89. The molecule has 2 amide bonds. The van der Waals surface area contributed by atoms with E-state index < -0.39 is 0 Å². The first-order valence-corrected chi connectivity index (χ1v) is 7.97. The van der Waals surface area contributed by atoms with Gasteiger partial charge in [0.05, 0.1) is 13.0 Å². The average Bonchev–Trinajstić information content (AvgIpc) is 2.59. The molecule has 0 radical (unpaired) electrons. The number of benzene rings is 2. The zero-order valence-electron chi connectivity index (χ0n) is 13.3. The summed E-state index contributed by atoms with van der Waals surface area (Å²) >= 11 is 0. The number of nitrogens with one attached hydrogen (secondary N) is 1. The summed E-state index contributed by atoms with van der Waals surface area (Å²) in [6.07, 6.45) is 0.896. The Balaban J connectivity index is 1.50. The van der Waals surface area contributed by atoms with E-state index in [9.17, 15) is 14.0 Å². The highest BCUT2D eigenvalue weighted by molar-refractivity contribution is 5.85. The van der Waals surface area contributed by atoms with Gasteiger partial charge >= 0.3 is 0 Å². The van der Waals surface area contributed by atoms with Crippen molar-refractivity contribution >= 4 is 11.8 Å².